The predicted octanol–water partition coefficient (Wildman–Crippen LogP) is 2.10. The number of anilines is 1. The first-order chi connectivity index (χ1) is 8.58. The molecular formula is C10H10BrN5O2. The Hall–Kier alpha value is -1.96. The van der Waals surface area contributed by atoms with Gasteiger partial charge in [0.25, 0.3) is 5.69 Å². The van der Waals surface area contributed by atoms with Gasteiger partial charge in [-0.05, 0) is 22.0 Å². The second-order valence-corrected chi connectivity index (χ2v) is 4.49. The Labute approximate surface area is 111 Å². The maximum atomic E-state index is 10.6. The van der Waals surface area contributed by atoms with Crippen molar-refractivity contribution in [1.82, 2.24) is 14.8 Å². The number of non-ortho nitro benzene ring substituents is 1. The Morgan fingerprint density at radius 3 is 2.89 bits per heavy atom. The zero-order valence-corrected chi connectivity index (χ0v) is 11.1. The Kier molecular flexibility index (Phi) is 3.56. The van der Waals surface area contributed by atoms with Crippen molar-refractivity contribution < 1.29 is 4.92 Å². The SMILES string of the molecule is Cn1cnnc1CNc1ccc([N+](=O)[O-])cc1Br. The van der Waals surface area contributed by atoms with Crippen molar-refractivity contribution in [3.8, 4) is 0 Å². The number of aryl methyl sites for hydroxylation is 1. The number of halogens is 1. The molecule has 1 heterocycles. The first-order valence-electron chi connectivity index (χ1n) is 5.08. The Bertz CT molecular complexity index is 583. The minimum absolute atomic E-state index is 0.0473. The summed E-state index contributed by atoms with van der Waals surface area (Å²) in [7, 11) is 1.85. The van der Waals surface area contributed by atoms with Gasteiger partial charge in [0.15, 0.2) is 5.82 Å². The molecule has 18 heavy (non-hydrogen) atoms. The van der Waals surface area contributed by atoms with Gasteiger partial charge < -0.3 is 9.88 Å². The largest absolute Gasteiger partial charge is 0.377 e. The van der Waals surface area contributed by atoms with E-state index in [4.69, 9.17) is 0 Å². The summed E-state index contributed by atoms with van der Waals surface area (Å²) in [4.78, 5) is 10.2. The van der Waals surface area contributed by atoms with E-state index >= 15 is 0 Å². The summed E-state index contributed by atoms with van der Waals surface area (Å²) in [6.45, 7) is 0.493. The highest BCUT2D eigenvalue weighted by Crippen LogP contribution is 2.27. The van der Waals surface area contributed by atoms with Crippen LogP contribution in [0.2, 0.25) is 0 Å². The van der Waals surface area contributed by atoms with Crippen LogP contribution < -0.4 is 5.32 Å². The molecule has 0 saturated carbocycles. The third-order valence-corrected chi connectivity index (χ3v) is 3.06. The first kappa shape index (κ1) is 12.5. The Morgan fingerprint density at radius 2 is 2.33 bits per heavy atom. The zero-order valence-electron chi connectivity index (χ0n) is 9.50. The maximum Gasteiger partial charge on any atom is 0.270 e. The van der Waals surface area contributed by atoms with E-state index in [1.54, 1.807) is 17.0 Å². The average Bonchev–Trinajstić information content (AvgIpc) is 2.73. The summed E-state index contributed by atoms with van der Waals surface area (Å²) in [6, 6.07) is 4.56. The molecular weight excluding hydrogens is 302 g/mol. The molecule has 2 rings (SSSR count). The molecule has 0 radical (unpaired) electrons. The summed E-state index contributed by atoms with van der Waals surface area (Å²) in [6.07, 6.45) is 1.61. The van der Waals surface area contributed by atoms with Crippen LogP contribution >= 0.6 is 15.9 Å². The smallest absolute Gasteiger partial charge is 0.270 e. The van der Waals surface area contributed by atoms with E-state index in [1.807, 2.05) is 7.05 Å². The van der Waals surface area contributed by atoms with Crippen LogP contribution in [0.1, 0.15) is 5.82 Å². The number of rotatable bonds is 4. The van der Waals surface area contributed by atoms with Crippen molar-refractivity contribution in [2.45, 2.75) is 6.54 Å². The van der Waals surface area contributed by atoms with E-state index in [0.29, 0.717) is 11.0 Å². The van der Waals surface area contributed by atoms with Crippen molar-refractivity contribution in [3.05, 3.63) is 44.9 Å². The fourth-order valence-electron chi connectivity index (χ4n) is 1.40. The predicted molar refractivity (Wildman–Crippen MR) is 69.1 cm³/mol. The number of nitro benzene ring substituents is 1. The number of nitrogens with zero attached hydrogens (tertiary/aromatic N) is 4. The molecule has 1 aromatic heterocycles. The van der Waals surface area contributed by atoms with Crippen LogP contribution in [-0.2, 0) is 13.6 Å². The highest BCUT2D eigenvalue weighted by molar-refractivity contribution is 9.10. The fraction of sp³-hybridized carbons (Fsp3) is 0.200. The minimum atomic E-state index is -0.433. The molecule has 0 amide bonds. The van der Waals surface area contributed by atoms with E-state index < -0.39 is 4.92 Å². The van der Waals surface area contributed by atoms with Crippen molar-refractivity contribution in [1.29, 1.82) is 0 Å². The maximum absolute atomic E-state index is 10.6. The molecule has 0 fully saturated rings. The molecule has 0 unspecified atom stereocenters. The second-order valence-electron chi connectivity index (χ2n) is 3.63. The molecule has 0 atom stereocenters. The van der Waals surface area contributed by atoms with Gasteiger partial charge in [-0.1, -0.05) is 0 Å². The Balaban J connectivity index is 2.11. The van der Waals surface area contributed by atoms with Crippen LogP contribution in [0, 0.1) is 10.1 Å². The third kappa shape index (κ3) is 2.65. The Morgan fingerprint density at radius 1 is 1.56 bits per heavy atom. The van der Waals surface area contributed by atoms with E-state index in [2.05, 4.69) is 31.4 Å². The lowest BCUT2D eigenvalue weighted by atomic mass is 10.3. The van der Waals surface area contributed by atoms with E-state index in [9.17, 15) is 10.1 Å². The van der Waals surface area contributed by atoms with Gasteiger partial charge in [-0.3, -0.25) is 10.1 Å². The van der Waals surface area contributed by atoms with Gasteiger partial charge in [0.2, 0.25) is 0 Å². The summed E-state index contributed by atoms with van der Waals surface area (Å²) < 4.78 is 2.44. The molecule has 0 spiro atoms. The summed E-state index contributed by atoms with van der Waals surface area (Å²) in [5.41, 5.74) is 0.815. The second kappa shape index (κ2) is 5.13. The van der Waals surface area contributed by atoms with Crippen LogP contribution in [0.15, 0.2) is 29.0 Å². The van der Waals surface area contributed by atoms with Gasteiger partial charge in [-0.25, -0.2) is 0 Å². The lowest BCUT2D eigenvalue weighted by Gasteiger charge is -2.07. The molecule has 8 heteroatoms. The number of nitrogens with one attached hydrogen (secondary N) is 1. The minimum Gasteiger partial charge on any atom is -0.377 e. The molecule has 0 aliphatic rings. The van der Waals surface area contributed by atoms with Crippen molar-refractivity contribution in [2.75, 3.05) is 5.32 Å². The molecule has 7 nitrogen and oxygen atoms in total. The van der Waals surface area contributed by atoms with Gasteiger partial charge in [-0.15, -0.1) is 10.2 Å². The van der Waals surface area contributed by atoms with Crippen molar-refractivity contribution in [2.24, 2.45) is 7.05 Å². The highest BCUT2D eigenvalue weighted by atomic mass is 79.9. The van der Waals surface area contributed by atoms with Gasteiger partial charge >= 0.3 is 0 Å². The van der Waals surface area contributed by atoms with E-state index in [1.165, 1.54) is 12.1 Å². The van der Waals surface area contributed by atoms with Crippen molar-refractivity contribution in [3.63, 3.8) is 0 Å². The number of hydrogen-bond acceptors (Lipinski definition) is 5. The number of benzene rings is 1. The monoisotopic (exact) mass is 311 g/mol. The van der Waals surface area contributed by atoms with Crippen LogP contribution in [0.25, 0.3) is 0 Å². The van der Waals surface area contributed by atoms with Crippen molar-refractivity contribution >= 4 is 27.3 Å². The summed E-state index contributed by atoms with van der Waals surface area (Å²) in [5.74, 6) is 0.778. The molecule has 1 N–H and O–H groups in total. The van der Waals surface area contributed by atoms with E-state index in [-0.39, 0.29) is 5.69 Å². The van der Waals surface area contributed by atoms with Crippen LogP contribution in [0.4, 0.5) is 11.4 Å². The van der Waals surface area contributed by atoms with Gasteiger partial charge in [0.05, 0.1) is 11.5 Å². The zero-order chi connectivity index (χ0) is 13.1. The quantitative estimate of drug-likeness (QED) is 0.690. The number of hydrogen-bond donors (Lipinski definition) is 1. The lowest BCUT2D eigenvalue weighted by Crippen LogP contribution is -2.06. The molecule has 0 saturated heterocycles. The average molecular weight is 312 g/mol. The molecule has 94 valence electrons. The van der Waals surface area contributed by atoms with Gasteiger partial charge in [0.1, 0.15) is 6.33 Å². The summed E-state index contributed by atoms with van der Waals surface area (Å²) in [5, 5.41) is 21.4. The molecule has 0 aliphatic carbocycles. The third-order valence-electron chi connectivity index (χ3n) is 2.41. The summed E-state index contributed by atoms with van der Waals surface area (Å²) >= 11 is 3.29. The number of aromatic nitrogens is 3. The lowest BCUT2D eigenvalue weighted by molar-refractivity contribution is -0.384. The van der Waals surface area contributed by atoms with Crippen LogP contribution in [-0.4, -0.2) is 19.7 Å². The van der Waals surface area contributed by atoms with Crippen LogP contribution in [0.5, 0.6) is 0 Å². The van der Waals surface area contributed by atoms with Crippen LogP contribution in [0.3, 0.4) is 0 Å². The number of nitro groups is 1. The molecule has 0 bridgehead atoms. The topological polar surface area (TPSA) is 85.9 Å². The highest BCUT2D eigenvalue weighted by Gasteiger charge is 2.09. The fourth-order valence-corrected chi connectivity index (χ4v) is 1.91. The molecule has 1 aromatic carbocycles. The molecule has 2 aromatic rings. The molecule has 0 aliphatic heterocycles. The van der Waals surface area contributed by atoms with Gasteiger partial charge in [0, 0.05) is 29.3 Å². The normalized spacial score (nSPS) is 10.3. The van der Waals surface area contributed by atoms with Gasteiger partial charge in [-0.2, -0.15) is 0 Å². The first-order valence-corrected chi connectivity index (χ1v) is 5.88. The standard InChI is InChI=1S/C10H10BrN5O2/c1-15-6-13-14-10(15)5-12-9-3-2-7(16(17)18)4-8(9)11/h2-4,6,12H,5H2,1H3. The van der Waals surface area contributed by atoms with E-state index in [0.717, 1.165) is 11.5 Å².